The molecule has 1 aromatic heterocycles. The topological polar surface area (TPSA) is 40.5 Å². The summed E-state index contributed by atoms with van der Waals surface area (Å²) in [6.07, 6.45) is -0.356. The predicted octanol–water partition coefficient (Wildman–Crippen LogP) is 0.837. The standard InChI is InChI=1S/C8H13NO3S/c1-6-5-13-8(10)9(6)4-7(11-2)12-3/h5,7H,4H2,1-3H3. The molecule has 0 fully saturated rings. The van der Waals surface area contributed by atoms with E-state index in [1.807, 2.05) is 12.3 Å². The Bertz CT molecular complexity index is 313. The van der Waals surface area contributed by atoms with Crippen molar-refractivity contribution in [3.05, 3.63) is 20.7 Å². The van der Waals surface area contributed by atoms with Gasteiger partial charge in [-0.2, -0.15) is 0 Å². The molecule has 0 saturated carbocycles. The monoisotopic (exact) mass is 203 g/mol. The minimum Gasteiger partial charge on any atom is -0.354 e. The van der Waals surface area contributed by atoms with Gasteiger partial charge in [-0.1, -0.05) is 11.3 Å². The van der Waals surface area contributed by atoms with Gasteiger partial charge >= 0.3 is 4.87 Å². The van der Waals surface area contributed by atoms with E-state index in [0.717, 1.165) is 5.69 Å². The van der Waals surface area contributed by atoms with Gasteiger partial charge in [-0.3, -0.25) is 9.36 Å². The van der Waals surface area contributed by atoms with E-state index in [9.17, 15) is 4.79 Å². The molecule has 0 saturated heterocycles. The fourth-order valence-corrected chi connectivity index (χ4v) is 1.76. The molecule has 0 unspecified atom stereocenters. The van der Waals surface area contributed by atoms with Crippen molar-refractivity contribution in [3.8, 4) is 0 Å². The molecular formula is C8H13NO3S. The lowest BCUT2D eigenvalue weighted by molar-refractivity contribution is -0.111. The van der Waals surface area contributed by atoms with Gasteiger partial charge in [-0.05, 0) is 6.92 Å². The van der Waals surface area contributed by atoms with Crippen LogP contribution in [0.3, 0.4) is 0 Å². The minimum atomic E-state index is -0.356. The van der Waals surface area contributed by atoms with E-state index >= 15 is 0 Å². The summed E-state index contributed by atoms with van der Waals surface area (Å²) in [5, 5.41) is 1.82. The zero-order valence-corrected chi connectivity index (χ0v) is 8.76. The maximum Gasteiger partial charge on any atom is 0.307 e. The Labute approximate surface area is 80.7 Å². The number of ether oxygens (including phenoxy) is 2. The fraction of sp³-hybridized carbons (Fsp3) is 0.625. The normalized spacial score (nSPS) is 11.1. The van der Waals surface area contributed by atoms with E-state index in [1.165, 1.54) is 11.3 Å². The van der Waals surface area contributed by atoms with Crippen LogP contribution in [0.1, 0.15) is 5.69 Å². The number of thiazole rings is 1. The van der Waals surface area contributed by atoms with Gasteiger partial charge in [-0.25, -0.2) is 0 Å². The quantitative estimate of drug-likeness (QED) is 0.681. The summed E-state index contributed by atoms with van der Waals surface area (Å²) in [5.74, 6) is 0. The van der Waals surface area contributed by atoms with E-state index in [2.05, 4.69) is 0 Å². The molecule has 13 heavy (non-hydrogen) atoms. The molecule has 74 valence electrons. The van der Waals surface area contributed by atoms with Crippen molar-refractivity contribution in [1.29, 1.82) is 0 Å². The Morgan fingerprint density at radius 1 is 1.54 bits per heavy atom. The molecule has 0 amide bonds. The molecule has 0 atom stereocenters. The molecule has 4 nitrogen and oxygen atoms in total. The first-order chi connectivity index (χ1) is 6.19. The smallest absolute Gasteiger partial charge is 0.307 e. The first-order valence-electron chi connectivity index (χ1n) is 3.89. The number of hydrogen-bond acceptors (Lipinski definition) is 4. The lowest BCUT2D eigenvalue weighted by Crippen LogP contribution is -2.26. The predicted molar refractivity (Wildman–Crippen MR) is 51.1 cm³/mol. The number of aromatic nitrogens is 1. The Kier molecular flexibility index (Phi) is 3.65. The molecule has 0 aliphatic heterocycles. The second-order valence-electron chi connectivity index (χ2n) is 2.65. The van der Waals surface area contributed by atoms with E-state index in [1.54, 1.807) is 18.8 Å². The fourth-order valence-electron chi connectivity index (χ4n) is 1.02. The van der Waals surface area contributed by atoms with Crippen molar-refractivity contribution in [2.45, 2.75) is 19.8 Å². The molecule has 0 spiro atoms. The lowest BCUT2D eigenvalue weighted by atomic mass is 10.5. The van der Waals surface area contributed by atoms with Crippen LogP contribution in [0.2, 0.25) is 0 Å². The van der Waals surface area contributed by atoms with Gasteiger partial charge in [0.25, 0.3) is 0 Å². The molecule has 1 aromatic rings. The zero-order chi connectivity index (χ0) is 9.84. The van der Waals surface area contributed by atoms with Gasteiger partial charge in [0, 0.05) is 25.3 Å². The molecule has 0 N–H and O–H groups in total. The molecule has 0 radical (unpaired) electrons. The average molecular weight is 203 g/mol. The van der Waals surface area contributed by atoms with Crippen LogP contribution in [-0.2, 0) is 16.0 Å². The summed E-state index contributed by atoms with van der Waals surface area (Å²) in [6.45, 7) is 2.33. The highest BCUT2D eigenvalue weighted by Gasteiger charge is 2.09. The third-order valence-electron chi connectivity index (χ3n) is 1.83. The van der Waals surface area contributed by atoms with Gasteiger partial charge in [0.15, 0.2) is 6.29 Å². The van der Waals surface area contributed by atoms with Gasteiger partial charge in [0.05, 0.1) is 6.54 Å². The molecule has 0 aromatic carbocycles. The number of rotatable bonds is 4. The Hall–Kier alpha value is -0.650. The van der Waals surface area contributed by atoms with Gasteiger partial charge in [0.2, 0.25) is 0 Å². The molecule has 0 aliphatic carbocycles. The van der Waals surface area contributed by atoms with Crippen LogP contribution in [-0.4, -0.2) is 25.1 Å². The maximum absolute atomic E-state index is 11.3. The summed E-state index contributed by atoms with van der Waals surface area (Å²) in [6, 6.07) is 0. The van der Waals surface area contributed by atoms with E-state index in [0.29, 0.717) is 6.54 Å². The summed E-state index contributed by atoms with van der Waals surface area (Å²) in [5.41, 5.74) is 0.939. The highest BCUT2D eigenvalue weighted by Crippen LogP contribution is 2.02. The van der Waals surface area contributed by atoms with Crippen LogP contribution in [0.15, 0.2) is 10.2 Å². The van der Waals surface area contributed by atoms with Crippen molar-refractivity contribution >= 4 is 11.3 Å². The van der Waals surface area contributed by atoms with Crippen LogP contribution in [0.5, 0.6) is 0 Å². The lowest BCUT2D eigenvalue weighted by Gasteiger charge is -2.14. The van der Waals surface area contributed by atoms with Crippen LogP contribution in [0, 0.1) is 6.92 Å². The van der Waals surface area contributed by atoms with Crippen molar-refractivity contribution in [2.75, 3.05) is 14.2 Å². The maximum atomic E-state index is 11.3. The molecule has 0 bridgehead atoms. The summed E-state index contributed by atoms with van der Waals surface area (Å²) in [7, 11) is 3.11. The van der Waals surface area contributed by atoms with Crippen molar-refractivity contribution in [3.63, 3.8) is 0 Å². The zero-order valence-electron chi connectivity index (χ0n) is 7.94. The van der Waals surface area contributed by atoms with Crippen LogP contribution in [0.4, 0.5) is 0 Å². The first kappa shape index (κ1) is 10.4. The largest absolute Gasteiger partial charge is 0.354 e. The highest BCUT2D eigenvalue weighted by atomic mass is 32.1. The van der Waals surface area contributed by atoms with E-state index in [-0.39, 0.29) is 11.2 Å². The van der Waals surface area contributed by atoms with Crippen molar-refractivity contribution < 1.29 is 9.47 Å². The second kappa shape index (κ2) is 4.55. The third-order valence-corrected chi connectivity index (χ3v) is 2.71. The van der Waals surface area contributed by atoms with Crippen LogP contribution in [0.25, 0.3) is 0 Å². The SMILES string of the molecule is COC(Cn1c(C)csc1=O)OC. The Morgan fingerprint density at radius 2 is 2.15 bits per heavy atom. The molecule has 1 heterocycles. The van der Waals surface area contributed by atoms with Crippen molar-refractivity contribution in [2.24, 2.45) is 0 Å². The molecule has 1 rings (SSSR count). The first-order valence-corrected chi connectivity index (χ1v) is 4.77. The number of hydrogen-bond donors (Lipinski definition) is 0. The third kappa shape index (κ3) is 2.40. The minimum absolute atomic E-state index is 0.0246. The van der Waals surface area contributed by atoms with Crippen molar-refractivity contribution in [1.82, 2.24) is 4.57 Å². The molecule has 0 aliphatic rings. The van der Waals surface area contributed by atoms with Crippen LogP contribution < -0.4 is 4.87 Å². The molecule has 5 heteroatoms. The Morgan fingerprint density at radius 3 is 2.54 bits per heavy atom. The van der Waals surface area contributed by atoms with Gasteiger partial charge < -0.3 is 9.47 Å². The summed E-state index contributed by atoms with van der Waals surface area (Å²) < 4.78 is 11.7. The highest BCUT2D eigenvalue weighted by molar-refractivity contribution is 7.07. The van der Waals surface area contributed by atoms with Gasteiger partial charge in [0.1, 0.15) is 0 Å². The molecular weight excluding hydrogens is 190 g/mol. The number of aryl methyl sites for hydroxylation is 1. The van der Waals surface area contributed by atoms with Crippen LogP contribution >= 0.6 is 11.3 Å². The number of nitrogens with zero attached hydrogens (tertiary/aromatic N) is 1. The van der Waals surface area contributed by atoms with E-state index in [4.69, 9.17) is 9.47 Å². The van der Waals surface area contributed by atoms with Gasteiger partial charge in [-0.15, -0.1) is 0 Å². The summed E-state index contributed by atoms with van der Waals surface area (Å²) >= 11 is 1.19. The Balaban J connectivity index is 2.78. The number of methoxy groups -OCH3 is 2. The average Bonchev–Trinajstić information content (AvgIpc) is 2.44. The summed E-state index contributed by atoms with van der Waals surface area (Å²) in [4.78, 5) is 11.3. The second-order valence-corrected chi connectivity index (χ2v) is 3.48. The van der Waals surface area contributed by atoms with E-state index < -0.39 is 0 Å².